The first-order valence-corrected chi connectivity index (χ1v) is 7.10. The van der Waals surface area contributed by atoms with Gasteiger partial charge in [-0.3, -0.25) is 4.79 Å². The number of amides is 1. The maximum absolute atomic E-state index is 12.2. The zero-order chi connectivity index (χ0) is 14.7. The topological polar surface area (TPSA) is 98.7 Å². The van der Waals surface area contributed by atoms with Crippen molar-refractivity contribution in [3.05, 3.63) is 36.5 Å². The molecule has 126 valence electrons. The highest BCUT2D eigenvalue weighted by atomic mass is 35.5. The van der Waals surface area contributed by atoms with Crippen molar-refractivity contribution >= 4 is 30.7 Å². The van der Waals surface area contributed by atoms with Gasteiger partial charge in [-0.1, -0.05) is 6.42 Å². The lowest BCUT2D eigenvalue weighted by molar-refractivity contribution is 0.0928. The zero-order valence-corrected chi connectivity index (χ0v) is 14.1. The van der Waals surface area contributed by atoms with Gasteiger partial charge >= 0.3 is 0 Å². The number of carbonyl (C=O) groups is 1. The van der Waals surface area contributed by atoms with Gasteiger partial charge in [-0.05, 0) is 37.4 Å². The Labute approximate surface area is 146 Å². The Balaban J connectivity index is 0.00000132. The third kappa shape index (κ3) is 4.40. The number of halogens is 2. The Hall–Kier alpha value is -1.70. The van der Waals surface area contributed by atoms with Crippen LogP contribution in [-0.2, 0) is 0 Å². The van der Waals surface area contributed by atoms with Crippen molar-refractivity contribution in [2.45, 2.75) is 25.3 Å². The van der Waals surface area contributed by atoms with Crippen molar-refractivity contribution in [2.24, 2.45) is 11.7 Å². The molecule has 1 fully saturated rings. The first kappa shape index (κ1) is 19.3. The Bertz CT molecular complexity index is 604. The normalized spacial score (nSPS) is 19.5. The molecule has 0 bridgehead atoms. The number of rotatable bonds is 4. The maximum Gasteiger partial charge on any atom is 0.253 e. The molecule has 1 aliphatic carbocycles. The maximum atomic E-state index is 12.2. The van der Waals surface area contributed by atoms with Crippen LogP contribution in [0.4, 0.5) is 0 Å². The standard InChI is InChI=1S/C14H18N6O.2ClH/c15-6-10-2-1-3-12(10)19-14(21)11-4-5-13(17-7-11)20-9-16-8-18-20;;/h4-5,7-10,12H,1-3,6,15H2,(H,19,21);2*1H. The number of nitrogens with one attached hydrogen (secondary N) is 1. The highest BCUT2D eigenvalue weighted by molar-refractivity contribution is 5.94. The van der Waals surface area contributed by atoms with Crippen molar-refractivity contribution in [2.75, 3.05) is 6.54 Å². The fourth-order valence-corrected chi connectivity index (χ4v) is 2.74. The second-order valence-electron chi connectivity index (χ2n) is 5.25. The molecule has 9 heteroatoms. The van der Waals surface area contributed by atoms with Crippen LogP contribution in [0.3, 0.4) is 0 Å². The van der Waals surface area contributed by atoms with Crippen LogP contribution in [-0.4, -0.2) is 38.2 Å². The molecule has 0 radical (unpaired) electrons. The number of carbonyl (C=O) groups excluding carboxylic acids is 1. The molecule has 2 unspecified atom stereocenters. The first-order chi connectivity index (χ1) is 10.3. The monoisotopic (exact) mass is 358 g/mol. The van der Waals surface area contributed by atoms with Crippen LogP contribution in [0.25, 0.3) is 5.82 Å². The summed E-state index contributed by atoms with van der Waals surface area (Å²) < 4.78 is 1.54. The van der Waals surface area contributed by atoms with E-state index in [-0.39, 0.29) is 36.8 Å². The lowest BCUT2D eigenvalue weighted by atomic mass is 10.0. The van der Waals surface area contributed by atoms with Crippen LogP contribution in [0.15, 0.2) is 31.0 Å². The Morgan fingerprint density at radius 3 is 2.78 bits per heavy atom. The molecule has 3 rings (SSSR count). The lowest BCUT2D eigenvalue weighted by Crippen LogP contribution is -2.39. The molecule has 0 aliphatic heterocycles. The van der Waals surface area contributed by atoms with Gasteiger partial charge in [-0.2, -0.15) is 5.10 Å². The molecule has 2 heterocycles. The quantitative estimate of drug-likeness (QED) is 0.859. The van der Waals surface area contributed by atoms with Crippen LogP contribution >= 0.6 is 24.8 Å². The van der Waals surface area contributed by atoms with E-state index >= 15 is 0 Å². The molecule has 0 aromatic carbocycles. The summed E-state index contributed by atoms with van der Waals surface area (Å²) in [5, 5.41) is 7.05. The summed E-state index contributed by atoms with van der Waals surface area (Å²) >= 11 is 0. The van der Waals surface area contributed by atoms with Gasteiger partial charge in [0.25, 0.3) is 5.91 Å². The van der Waals surface area contributed by atoms with Crippen molar-refractivity contribution in [3.63, 3.8) is 0 Å². The third-order valence-corrected chi connectivity index (χ3v) is 3.94. The Morgan fingerprint density at radius 2 is 2.17 bits per heavy atom. The van der Waals surface area contributed by atoms with Crippen molar-refractivity contribution in [1.82, 2.24) is 25.1 Å². The summed E-state index contributed by atoms with van der Waals surface area (Å²) in [6.45, 7) is 0.619. The third-order valence-electron chi connectivity index (χ3n) is 3.94. The molecule has 2 atom stereocenters. The van der Waals surface area contributed by atoms with Crippen LogP contribution in [0.5, 0.6) is 0 Å². The van der Waals surface area contributed by atoms with E-state index in [1.54, 1.807) is 29.3 Å². The summed E-state index contributed by atoms with van der Waals surface area (Å²) in [6, 6.07) is 3.67. The minimum atomic E-state index is -0.0991. The molecule has 2 aromatic rings. The highest BCUT2D eigenvalue weighted by Crippen LogP contribution is 2.24. The average Bonchev–Trinajstić information content (AvgIpc) is 3.18. The van der Waals surface area contributed by atoms with E-state index < -0.39 is 0 Å². The molecule has 1 aliphatic rings. The molecule has 3 N–H and O–H groups in total. The number of nitrogens with zero attached hydrogens (tertiary/aromatic N) is 4. The fourth-order valence-electron chi connectivity index (χ4n) is 2.74. The summed E-state index contributed by atoms with van der Waals surface area (Å²) in [4.78, 5) is 20.3. The number of hydrogen-bond acceptors (Lipinski definition) is 5. The van der Waals surface area contributed by atoms with Gasteiger partial charge < -0.3 is 11.1 Å². The number of hydrogen-bond donors (Lipinski definition) is 2. The van der Waals surface area contributed by atoms with Crippen molar-refractivity contribution < 1.29 is 4.79 Å². The number of nitrogens with two attached hydrogens (primary N) is 1. The summed E-state index contributed by atoms with van der Waals surface area (Å²) in [5.41, 5.74) is 6.28. The van der Waals surface area contributed by atoms with Crippen molar-refractivity contribution in [3.8, 4) is 5.82 Å². The van der Waals surface area contributed by atoms with Crippen LogP contribution < -0.4 is 11.1 Å². The molecule has 0 spiro atoms. The van der Waals surface area contributed by atoms with Gasteiger partial charge in [0.2, 0.25) is 0 Å². The van der Waals surface area contributed by atoms with Gasteiger partial charge in [0.1, 0.15) is 12.7 Å². The largest absolute Gasteiger partial charge is 0.349 e. The van der Waals surface area contributed by atoms with Gasteiger partial charge in [0, 0.05) is 12.2 Å². The van der Waals surface area contributed by atoms with E-state index in [0.717, 1.165) is 19.3 Å². The molecule has 23 heavy (non-hydrogen) atoms. The average molecular weight is 359 g/mol. The van der Waals surface area contributed by atoms with Gasteiger partial charge in [0.05, 0.1) is 5.56 Å². The minimum Gasteiger partial charge on any atom is -0.349 e. The Kier molecular flexibility index (Phi) is 7.41. The van der Waals surface area contributed by atoms with E-state index in [9.17, 15) is 4.79 Å². The molecule has 1 saturated carbocycles. The molecule has 7 nitrogen and oxygen atoms in total. The van der Waals surface area contributed by atoms with Crippen LogP contribution in [0, 0.1) is 5.92 Å². The van der Waals surface area contributed by atoms with E-state index in [1.807, 2.05) is 0 Å². The number of pyridine rings is 1. The van der Waals surface area contributed by atoms with Gasteiger partial charge in [-0.25, -0.2) is 14.6 Å². The van der Waals surface area contributed by atoms with E-state index in [4.69, 9.17) is 5.73 Å². The predicted molar refractivity (Wildman–Crippen MR) is 91.3 cm³/mol. The SMILES string of the molecule is Cl.Cl.NCC1CCCC1NC(=O)c1ccc(-n2cncn2)nc1. The fraction of sp³-hybridized carbons (Fsp3) is 0.429. The number of aromatic nitrogens is 4. The summed E-state index contributed by atoms with van der Waals surface area (Å²) in [5.74, 6) is 0.916. The Morgan fingerprint density at radius 1 is 1.35 bits per heavy atom. The smallest absolute Gasteiger partial charge is 0.253 e. The molecular weight excluding hydrogens is 339 g/mol. The van der Waals surface area contributed by atoms with Crippen LogP contribution in [0.1, 0.15) is 29.6 Å². The second-order valence-corrected chi connectivity index (χ2v) is 5.25. The summed E-state index contributed by atoms with van der Waals surface area (Å²) in [7, 11) is 0. The van der Waals surface area contributed by atoms with Crippen molar-refractivity contribution in [1.29, 1.82) is 0 Å². The molecule has 2 aromatic heterocycles. The molecule has 0 saturated heterocycles. The van der Waals surface area contributed by atoms with Crippen LogP contribution in [0.2, 0.25) is 0 Å². The first-order valence-electron chi connectivity index (χ1n) is 7.10. The lowest BCUT2D eigenvalue weighted by Gasteiger charge is -2.19. The summed E-state index contributed by atoms with van der Waals surface area (Å²) in [6.07, 6.45) is 7.76. The molecule has 1 amide bonds. The second kappa shape index (κ2) is 8.81. The zero-order valence-electron chi connectivity index (χ0n) is 12.5. The van der Waals surface area contributed by atoms with E-state index in [1.165, 1.54) is 6.33 Å². The predicted octanol–water partition coefficient (Wildman–Crippen LogP) is 1.36. The van der Waals surface area contributed by atoms with Gasteiger partial charge in [0.15, 0.2) is 5.82 Å². The van der Waals surface area contributed by atoms with E-state index in [2.05, 4.69) is 20.4 Å². The van der Waals surface area contributed by atoms with Gasteiger partial charge in [-0.15, -0.1) is 24.8 Å². The highest BCUT2D eigenvalue weighted by Gasteiger charge is 2.27. The molecular formula is C14H20Cl2N6O. The minimum absolute atomic E-state index is 0. The van der Waals surface area contributed by atoms with E-state index in [0.29, 0.717) is 23.8 Å².